The highest BCUT2D eigenvalue weighted by Gasteiger charge is 2.23. The summed E-state index contributed by atoms with van der Waals surface area (Å²) < 4.78 is 0. The van der Waals surface area contributed by atoms with E-state index in [4.69, 9.17) is 0 Å². The van der Waals surface area contributed by atoms with Gasteiger partial charge in [0.05, 0.1) is 8.80 Å². The molecule has 0 aromatic heterocycles. The minimum atomic E-state index is -0.726. The number of hydrogen-bond donors (Lipinski definition) is 0. The molecule has 0 aromatic carbocycles. The van der Waals surface area contributed by atoms with E-state index < -0.39 is 8.80 Å². The Bertz CT molecular complexity index is 279. The van der Waals surface area contributed by atoms with Gasteiger partial charge in [0.1, 0.15) is 0 Å². The van der Waals surface area contributed by atoms with Gasteiger partial charge in [-0.15, -0.1) is 6.58 Å². The van der Waals surface area contributed by atoms with E-state index in [0.29, 0.717) is 0 Å². The summed E-state index contributed by atoms with van der Waals surface area (Å²) in [6.07, 6.45) is 9.96. The molecule has 1 nitrogen and oxygen atoms in total. The third kappa shape index (κ3) is 7.14. The van der Waals surface area contributed by atoms with Crippen LogP contribution in [0.1, 0.15) is 72.6 Å². The maximum Gasteiger partial charge on any atom is 0.0648 e. The molecule has 0 radical (unpaired) electrons. The molecule has 0 bridgehead atoms. The SMILES string of the molecule is C=C(C)[SiH](CCC)CC(C)C(C)N1CCCCCCCC1. The van der Waals surface area contributed by atoms with Crippen LogP contribution in [0.4, 0.5) is 0 Å². The van der Waals surface area contributed by atoms with Gasteiger partial charge >= 0.3 is 0 Å². The second-order valence-electron chi connectivity index (χ2n) is 7.44. The Morgan fingerprint density at radius 1 is 1.05 bits per heavy atom. The van der Waals surface area contributed by atoms with Crippen molar-refractivity contribution in [2.75, 3.05) is 13.1 Å². The maximum absolute atomic E-state index is 4.29. The summed E-state index contributed by atoms with van der Waals surface area (Å²) in [5.74, 6) is 0.839. The van der Waals surface area contributed by atoms with E-state index in [1.54, 1.807) is 0 Å². The fourth-order valence-corrected chi connectivity index (χ4v) is 6.89. The Balaban J connectivity index is 2.52. The molecule has 0 saturated carbocycles. The van der Waals surface area contributed by atoms with E-state index in [-0.39, 0.29) is 0 Å². The van der Waals surface area contributed by atoms with Gasteiger partial charge in [0.25, 0.3) is 0 Å². The molecule has 0 N–H and O–H groups in total. The Labute approximate surface area is 135 Å². The molecule has 1 aliphatic rings. The van der Waals surface area contributed by atoms with E-state index >= 15 is 0 Å². The second kappa shape index (κ2) is 10.6. The Kier molecular flexibility index (Phi) is 9.58. The van der Waals surface area contributed by atoms with Gasteiger partial charge in [-0.1, -0.05) is 63.2 Å². The van der Waals surface area contributed by atoms with E-state index in [9.17, 15) is 0 Å². The van der Waals surface area contributed by atoms with Crippen molar-refractivity contribution in [2.45, 2.75) is 90.8 Å². The fraction of sp³-hybridized carbons (Fsp3) is 0.895. The molecular weight excluding hydrogens is 270 g/mol. The number of hydrogen-bond acceptors (Lipinski definition) is 1. The van der Waals surface area contributed by atoms with Gasteiger partial charge in [0, 0.05) is 6.04 Å². The number of allylic oxidation sites excluding steroid dienone is 1. The first-order chi connectivity index (χ1) is 10.1. The van der Waals surface area contributed by atoms with E-state index in [2.05, 4.69) is 39.2 Å². The van der Waals surface area contributed by atoms with E-state index in [1.165, 1.54) is 75.3 Å². The van der Waals surface area contributed by atoms with Crippen LogP contribution in [0.3, 0.4) is 0 Å². The predicted octanol–water partition coefficient (Wildman–Crippen LogP) is 5.42. The monoisotopic (exact) mass is 309 g/mol. The second-order valence-corrected chi connectivity index (χ2v) is 10.9. The number of rotatable bonds is 7. The zero-order chi connectivity index (χ0) is 15.7. The lowest BCUT2D eigenvalue weighted by Crippen LogP contribution is -2.40. The van der Waals surface area contributed by atoms with Crippen molar-refractivity contribution in [1.82, 2.24) is 4.90 Å². The van der Waals surface area contributed by atoms with Crippen LogP contribution in [0.2, 0.25) is 12.1 Å². The first-order valence-corrected chi connectivity index (χ1v) is 11.7. The normalized spacial score (nSPS) is 22.7. The van der Waals surface area contributed by atoms with Crippen LogP contribution in [-0.4, -0.2) is 32.8 Å². The highest BCUT2D eigenvalue weighted by molar-refractivity contribution is 6.66. The molecular formula is C19H39NSi. The average Bonchev–Trinajstić information content (AvgIpc) is 2.59. The van der Waals surface area contributed by atoms with Crippen molar-refractivity contribution in [2.24, 2.45) is 5.92 Å². The van der Waals surface area contributed by atoms with Crippen LogP contribution in [0.15, 0.2) is 11.8 Å². The van der Waals surface area contributed by atoms with Crippen LogP contribution in [0, 0.1) is 5.92 Å². The molecule has 0 aromatic rings. The summed E-state index contributed by atoms with van der Waals surface area (Å²) in [4.78, 5) is 2.80. The Hall–Kier alpha value is -0.0831. The summed E-state index contributed by atoms with van der Waals surface area (Å²) in [5, 5.41) is 1.53. The van der Waals surface area contributed by atoms with Crippen molar-refractivity contribution in [3.8, 4) is 0 Å². The van der Waals surface area contributed by atoms with E-state index in [0.717, 1.165) is 12.0 Å². The van der Waals surface area contributed by atoms with Crippen LogP contribution in [-0.2, 0) is 0 Å². The predicted molar refractivity (Wildman–Crippen MR) is 99.8 cm³/mol. The molecule has 1 saturated heterocycles. The molecule has 1 heterocycles. The first kappa shape index (κ1) is 19.0. The van der Waals surface area contributed by atoms with Crippen molar-refractivity contribution in [1.29, 1.82) is 0 Å². The zero-order valence-electron chi connectivity index (χ0n) is 15.2. The van der Waals surface area contributed by atoms with Gasteiger partial charge in [0.15, 0.2) is 0 Å². The first-order valence-electron chi connectivity index (χ1n) is 9.45. The Morgan fingerprint density at radius 3 is 2.05 bits per heavy atom. The maximum atomic E-state index is 4.29. The number of nitrogens with zero attached hydrogens (tertiary/aromatic N) is 1. The third-order valence-corrected chi connectivity index (χ3v) is 9.51. The minimum Gasteiger partial charge on any atom is -0.300 e. The lowest BCUT2D eigenvalue weighted by atomic mass is 10.0. The lowest BCUT2D eigenvalue weighted by Gasteiger charge is -2.34. The summed E-state index contributed by atoms with van der Waals surface area (Å²) in [6.45, 7) is 16.5. The molecule has 124 valence electrons. The summed E-state index contributed by atoms with van der Waals surface area (Å²) in [6, 6.07) is 3.67. The molecule has 3 atom stereocenters. The molecule has 0 spiro atoms. The van der Waals surface area contributed by atoms with E-state index in [1.807, 2.05) is 0 Å². The van der Waals surface area contributed by atoms with Crippen LogP contribution in [0.25, 0.3) is 0 Å². The average molecular weight is 310 g/mol. The largest absolute Gasteiger partial charge is 0.300 e. The van der Waals surface area contributed by atoms with Gasteiger partial charge in [-0.05, 0) is 45.7 Å². The smallest absolute Gasteiger partial charge is 0.0648 e. The topological polar surface area (TPSA) is 3.24 Å². The van der Waals surface area contributed by atoms with Gasteiger partial charge in [-0.25, -0.2) is 0 Å². The van der Waals surface area contributed by atoms with Crippen molar-refractivity contribution >= 4 is 8.80 Å². The highest BCUT2D eigenvalue weighted by atomic mass is 28.3. The van der Waals surface area contributed by atoms with Crippen LogP contribution in [0.5, 0.6) is 0 Å². The quantitative estimate of drug-likeness (QED) is 0.568. The fourth-order valence-electron chi connectivity index (χ4n) is 3.78. The molecule has 2 heteroatoms. The Morgan fingerprint density at radius 2 is 1.57 bits per heavy atom. The van der Waals surface area contributed by atoms with Gasteiger partial charge < -0.3 is 4.90 Å². The highest BCUT2D eigenvalue weighted by Crippen LogP contribution is 2.24. The molecule has 1 fully saturated rings. The standard InChI is InChI=1S/C19H39NSi/c1-6-15-21(17(2)3)16-18(4)19(5)20-13-11-9-7-8-10-12-14-20/h18-19,21H,2,6-16H2,1,3-5H3. The minimum absolute atomic E-state index is 0.726. The van der Waals surface area contributed by atoms with Gasteiger partial charge in [0.2, 0.25) is 0 Å². The van der Waals surface area contributed by atoms with Crippen LogP contribution < -0.4 is 0 Å². The van der Waals surface area contributed by atoms with Crippen molar-refractivity contribution < 1.29 is 0 Å². The van der Waals surface area contributed by atoms with Crippen molar-refractivity contribution in [3.05, 3.63) is 11.8 Å². The van der Waals surface area contributed by atoms with Crippen molar-refractivity contribution in [3.63, 3.8) is 0 Å². The summed E-state index contributed by atoms with van der Waals surface area (Å²) in [7, 11) is -0.726. The lowest BCUT2D eigenvalue weighted by molar-refractivity contribution is 0.165. The van der Waals surface area contributed by atoms with Gasteiger partial charge in [-0.3, -0.25) is 0 Å². The molecule has 1 rings (SSSR count). The molecule has 1 aliphatic heterocycles. The van der Waals surface area contributed by atoms with Gasteiger partial charge in [-0.2, -0.15) is 0 Å². The zero-order valence-corrected chi connectivity index (χ0v) is 16.3. The molecule has 0 amide bonds. The third-order valence-electron chi connectivity index (χ3n) is 5.53. The molecule has 0 aliphatic carbocycles. The summed E-state index contributed by atoms with van der Waals surface area (Å²) in [5.41, 5.74) is 0. The van der Waals surface area contributed by atoms with Crippen LogP contribution >= 0.6 is 0 Å². The molecule has 3 unspecified atom stereocenters. The summed E-state index contributed by atoms with van der Waals surface area (Å²) >= 11 is 0. The molecule has 21 heavy (non-hydrogen) atoms.